The highest BCUT2D eigenvalue weighted by Gasteiger charge is 2.25. The van der Waals surface area contributed by atoms with E-state index in [2.05, 4.69) is 0 Å². The zero-order valence-electron chi connectivity index (χ0n) is 17.4. The Labute approximate surface area is 175 Å². The predicted octanol–water partition coefficient (Wildman–Crippen LogP) is 2.08. The van der Waals surface area contributed by atoms with Gasteiger partial charge in [-0.15, -0.1) is 0 Å². The predicted molar refractivity (Wildman–Crippen MR) is 111 cm³/mol. The molecule has 0 N–H and O–H groups in total. The number of piperazine rings is 1. The van der Waals surface area contributed by atoms with Gasteiger partial charge in [0, 0.05) is 31.7 Å². The maximum absolute atomic E-state index is 12.8. The van der Waals surface area contributed by atoms with E-state index in [4.69, 9.17) is 18.9 Å². The second kappa shape index (κ2) is 9.87. The molecule has 0 aromatic heterocycles. The van der Waals surface area contributed by atoms with Crippen molar-refractivity contribution in [2.75, 3.05) is 54.1 Å². The van der Waals surface area contributed by atoms with Crippen molar-refractivity contribution in [3.63, 3.8) is 0 Å². The summed E-state index contributed by atoms with van der Waals surface area (Å²) in [5.41, 5.74) is 0.520. The zero-order chi connectivity index (χ0) is 21.5. The van der Waals surface area contributed by atoms with Crippen molar-refractivity contribution < 1.29 is 28.5 Å². The molecule has 160 valence electrons. The number of nitrogens with zero attached hydrogens (tertiary/aromatic N) is 2. The normalized spacial score (nSPS) is 13.6. The monoisotopic (exact) mass is 414 g/mol. The lowest BCUT2D eigenvalue weighted by Crippen LogP contribution is -2.51. The molecule has 2 aromatic rings. The molecule has 1 fully saturated rings. The molecule has 1 aliphatic heterocycles. The second-order valence-corrected chi connectivity index (χ2v) is 6.68. The van der Waals surface area contributed by atoms with E-state index in [1.807, 2.05) is 12.1 Å². The molecule has 0 spiro atoms. The van der Waals surface area contributed by atoms with Crippen LogP contribution in [-0.2, 0) is 4.79 Å². The summed E-state index contributed by atoms with van der Waals surface area (Å²) in [6, 6.07) is 12.3. The highest BCUT2D eigenvalue weighted by Crippen LogP contribution is 2.28. The summed E-state index contributed by atoms with van der Waals surface area (Å²) in [7, 11) is 4.63. The van der Waals surface area contributed by atoms with Crippen LogP contribution in [0, 0.1) is 0 Å². The zero-order valence-corrected chi connectivity index (χ0v) is 17.4. The van der Waals surface area contributed by atoms with Gasteiger partial charge in [0.2, 0.25) is 0 Å². The van der Waals surface area contributed by atoms with Gasteiger partial charge in [0.1, 0.15) is 0 Å². The lowest BCUT2D eigenvalue weighted by atomic mass is 10.1. The Morgan fingerprint density at radius 3 is 1.97 bits per heavy atom. The summed E-state index contributed by atoms with van der Waals surface area (Å²) >= 11 is 0. The molecule has 1 heterocycles. The summed E-state index contributed by atoms with van der Waals surface area (Å²) in [6.45, 7) is 1.73. The molecule has 0 saturated carbocycles. The van der Waals surface area contributed by atoms with Crippen molar-refractivity contribution >= 4 is 11.8 Å². The van der Waals surface area contributed by atoms with Crippen molar-refractivity contribution in [2.24, 2.45) is 0 Å². The molecule has 8 heteroatoms. The molecule has 0 radical (unpaired) electrons. The van der Waals surface area contributed by atoms with Crippen molar-refractivity contribution in [2.45, 2.75) is 0 Å². The highest BCUT2D eigenvalue weighted by molar-refractivity contribution is 5.95. The minimum atomic E-state index is -0.126. The van der Waals surface area contributed by atoms with Gasteiger partial charge in [-0.1, -0.05) is 12.1 Å². The third-order valence-electron chi connectivity index (χ3n) is 4.97. The van der Waals surface area contributed by atoms with Gasteiger partial charge in [-0.2, -0.15) is 0 Å². The van der Waals surface area contributed by atoms with Crippen LogP contribution >= 0.6 is 0 Å². The maximum Gasteiger partial charge on any atom is 0.260 e. The number of amides is 2. The van der Waals surface area contributed by atoms with Crippen LogP contribution in [0.1, 0.15) is 10.4 Å². The van der Waals surface area contributed by atoms with Crippen LogP contribution in [0.2, 0.25) is 0 Å². The van der Waals surface area contributed by atoms with Gasteiger partial charge in [0.15, 0.2) is 29.6 Å². The number of para-hydroxylation sites is 2. The standard InChI is InChI=1S/C22H26N2O6/c1-27-17-6-4-5-7-19(17)30-15-21(25)23-10-12-24(13-11-23)22(26)16-8-9-18(28-2)20(14-16)29-3/h4-9,14H,10-13,15H2,1-3H3. The quantitative estimate of drug-likeness (QED) is 0.690. The van der Waals surface area contributed by atoms with Gasteiger partial charge in [-0.3, -0.25) is 9.59 Å². The van der Waals surface area contributed by atoms with E-state index in [1.54, 1.807) is 54.4 Å². The van der Waals surface area contributed by atoms with Crippen molar-refractivity contribution in [3.8, 4) is 23.0 Å². The van der Waals surface area contributed by atoms with Crippen LogP contribution in [-0.4, -0.2) is 75.7 Å². The van der Waals surface area contributed by atoms with Gasteiger partial charge < -0.3 is 28.7 Å². The Morgan fingerprint density at radius 2 is 1.33 bits per heavy atom. The minimum absolute atomic E-state index is 0.0794. The van der Waals surface area contributed by atoms with Crippen molar-refractivity contribution in [1.29, 1.82) is 0 Å². The topological polar surface area (TPSA) is 77.5 Å². The molecule has 0 unspecified atom stereocenters. The lowest BCUT2D eigenvalue weighted by Gasteiger charge is -2.34. The lowest BCUT2D eigenvalue weighted by molar-refractivity contribution is -0.134. The van der Waals surface area contributed by atoms with Crippen LogP contribution in [0.4, 0.5) is 0 Å². The molecule has 0 bridgehead atoms. The van der Waals surface area contributed by atoms with Gasteiger partial charge in [0.25, 0.3) is 11.8 Å². The number of carbonyl (C=O) groups excluding carboxylic acids is 2. The van der Waals surface area contributed by atoms with Gasteiger partial charge >= 0.3 is 0 Å². The summed E-state index contributed by atoms with van der Waals surface area (Å²) in [4.78, 5) is 28.7. The summed E-state index contributed by atoms with van der Waals surface area (Å²) < 4.78 is 21.3. The third-order valence-corrected chi connectivity index (χ3v) is 4.97. The van der Waals surface area contributed by atoms with Crippen LogP contribution in [0.5, 0.6) is 23.0 Å². The Balaban J connectivity index is 1.54. The van der Waals surface area contributed by atoms with E-state index >= 15 is 0 Å². The third kappa shape index (κ3) is 4.76. The highest BCUT2D eigenvalue weighted by atomic mass is 16.5. The molecule has 1 saturated heterocycles. The molecule has 8 nitrogen and oxygen atoms in total. The van der Waals surface area contributed by atoms with E-state index in [0.29, 0.717) is 54.7 Å². The molecule has 0 atom stereocenters. The van der Waals surface area contributed by atoms with Gasteiger partial charge in [0.05, 0.1) is 21.3 Å². The van der Waals surface area contributed by atoms with Gasteiger partial charge in [-0.25, -0.2) is 0 Å². The van der Waals surface area contributed by atoms with Crippen molar-refractivity contribution in [3.05, 3.63) is 48.0 Å². The Kier molecular flexibility index (Phi) is 7.00. The fourth-order valence-electron chi connectivity index (χ4n) is 3.28. The summed E-state index contributed by atoms with van der Waals surface area (Å²) in [5.74, 6) is 1.95. The first-order valence-electron chi connectivity index (χ1n) is 9.62. The molecule has 3 rings (SSSR count). The number of ether oxygens (including phenoxy) is 4. The fraction of sp³-hybridized carbons (Fsp3) is 0.364. The molecule has 30 heavy (non-hydrogen) atoms. The first kappa shape index (κ1) is 21.3. The number of hydrogen-bond acceptors (Lipinski definition) is 6. The molecular weight excluding hydrogens is 388 g/mol. The molecule has 0 aliphatic carbocycles. The minimum Gasteiger partial charge on any atom is -0.493 e. The first-order chi connectivity index (χ1) is 14.6. The van der Waals surface area contributed by atoms with Crippen LogP contribution in [0.15, 0.2) is 42.5 Å². The van der Waals surface area contributed by atoms with E-state index < -0.39 is 0 Å². The number of rotatable bonds is 7. The second-order valence-electron chi connectivity index (χ2n) is 6.68. The Morgan fingerprint density at radius 1 is 0.767 bits per heavy atom. The number of benzene rings is 2. The van der Waals surface area contributed by atoms with Crippen LogP contribution in [0.25, 0.3) is 0 Å². The number of methoxy groups -OCH3 is 3. The smallest absolute Gasteiger partial charge is 0.260 e. The van der Waals surface area contributed by atoms with E-state index in [-0.39, 0.29) is 18.4 Å². The molecule has 2 amide bonds. The van der Waals surface area contributed by atoms with E-state index in [1.165, 1.54) is 7.11 Å². The van der Waals surface area contributed by atoms with Crippen LogP contribution < -0.4 is 18.9 Å². The average molecular weight is 414 g/mol. The Hall–Kier alpha value is -3.42. The SMILES string of the molecule is COc1ccc(C(=O)N2CCN(C(=O)COc3ccccc3OC)CC2)cc1OC. The number of hydrogen-bond donors (Lipinski definition) is 0. The first-order valence-corrected chi connectivity index (χ1v) is 9.62. The average Bonchev–Trinajstić information content (AvgIpc) is 2.81. The summed E-state index contributed by atoms with van der Waals surface area (Å²) in [6.07, 6.45) is 0. The largest absolute Gasteiger partial charge is 0.493 e. The summed E-state index contributed by atoms with van der Waals surface area (Å²) in [5, 5.41) is 0. The fourth-order valence-corrected chi connectivity index (χ4v) is 3.28. The van der Waals surface area contributed by atoms with E-state index in [0.717, 1.165) is 0 Å². The molecule has 1 aliphatic rings. The Bertz CT molecular complexity index is 893. The molecule has 2 aromatic carbocycles. The maximum atomic E-state index is 12.8. The van der Waals surface area contributed by atoms with E-state index in [9.17, 15) is 9.59 Å². The number of carbonyl (C=O) groups is 2. The van der Waals surface area contributed by atoms with Gasteiger partial charge in [-0.05, 0) is 30.3 Å². The van der Waals surface area contributed by atoms with Crippen molar-refractivity contribution in [1.82, 2.24) is 9.80 Å². The molecular formula is C22H26N2O6. The van der Waals surface area contributed by atoms with Crippen LogP contribution in [0.3, 0.4) is 0 Å².